The van der Waals surface area contributed by atoms with Gasteiger partial charge >= 0.3 is 0 Å². The summed E-state index contributed by atoms with van der Waals surface area (Å²) in [7, 11) is -7.13. The van der Waals surface area contributed by atoms with E-state index < -0.39 is 25.8 Å². The third kappa shape index (κ3) is 5.81. The lowest BCUT2D eigenvalue weighted by molar-refractivity contribution is 0.0996. The molecule has 1 aliphatic rings. The van der Waals surface area contributed by atoms with Gasteiger partial charge in [-0.15, -0.1) is 0 Å². The van der Waals surface area contributed by atoms with Gasteiger partial charge in [0.1, 0.15) is 0 Å². The fraction of sp³-hybridized carbons (Fsp3) is 0.286. The summed E-state index contributed by atoms with van der Waals surface area (Å²) in [6, 6.07) is 18.4. The highest BCUT2D eigenvalue weighted by Gasteiger charge is 2.28. The van der Waals surface area contributed by atoms with Crippen LogP contribution in [0.5, 0.6) is 0 Å². The van der Waals surface area contributed by atoms with Crippen molar-refractivity contribution in [1.82, 2.24) is 8.87 Å². The molecule has 2 heterocycles. The smallest absolute Gasteiger partial charge is 0.279 e. The number of hydrogen-bond donors (Lipinski definition) is 0. The van der Waals surface area contributed by atoms with Crippen LogP contribution in [0.25, 0.3) is 10.2 Å². The van der Waals surface area contributed by atoms with Crippen molar-refractivity contribution in [3.05, 3.63) is 88.2 Å². The van der Waals surface area contributed by atoms with Gasteiger partial charge in [0.05, 0.1) is 26.6 Å². The van der Waals surface area contributed by atoms with Gasteiger partial charge < -0.3 is 9.30 Å². The Kier molecular flexibility index (Phi) is 8.07. The maximum Gasteiger partial charge on any atom is 0.279 e. The van der Waals surface area contributed by atoms with Crippen LogP contribution < -0.4 is 4.80 Å². The molecule has 1 aliphatic heterocycles. The fourth-order valence-electron chi connectivity index (χ4n) is 4.63. The number of amides is 1. The van der Waals surface area contributed by atoms with E-state index in [0.717, 1.165) is 22.9 Å². The van der Waals surface area contributed by atoms with Crippen molar-refractivity contribution < 1.29 is 26.4 Å². The zero-order chi connectivity index (χ0) is 28.5. The molecule has 0 unspecified atom stereocenters. The van der Waals surface area contributed by atoms with Gasteiger partial charge in [0, 0.05) is 38.1 Å². The number of carbonyl (C=O) groups is 1. The van der Waals surface area contributed by atoms with E-state index in [0.29, 0.717) is 48.8 Å². The number of nitrogens with zero attached hydrogens (tertiary/aromatic N) is 3. The zero-order valence-electron chi connectivity index (χ0n) is 22.1. The van der Waals surface area contributed by atoms with Crippen molar-refractivity contribution in [1.29, 1.82) is 0 Å². The lowest BCUT2D eigenvalue weighted by Crippen LogP contribution is -2.35. The predicted octanol–water partition coefficient (Wildman–Crippen LogP) is 3.63. The highest BCUT2D eigenvalue weighted by molar-refractivity contribution is 7.90. The summed E-state index contributed by atoms with van der Waals surface area (Å²) in [5, 5.41) is 0. The van der Waals surface area contributed by atoms with E-state index in [9.17, 15) is 21.6 Å². The minimum atomic E-state index is -3.73. The molecule has 0 fully saturated rings. The van der Waals surface area contributed by atoms with Crippen LogP contribution in [0.4, 0.5) is 0 Å². The molecule has 1 amide bonds. The van der Waals surface area contributed by atoms with Gasteiger partial charge in [-0.2, -0.15) is 9.30 Å². The molecule has 4 aromatic rings. The van der Waals surface area contributed by atoms with Crippen LogP contribution in [-0.2, 0) is 44.1 Å². The number of sulfonamides is 1. The summed E-state index contributed by atoms with van der Waals surface area (Å²) in [6.07, 6.45) is 1.79. The average Bonchev–Trinajstić information content (AvgIpc) is 3.28. The Morgan fingerprint density at radius 3 is 2.38 bits per heavy atom. The molecule has 0 bridgehead atoms. The Morgan fingerprint density at radius 1 is 0.975 bits per heavy atom. The average molecular weight is 600 g/mol. The first-order valence-corrected chi connectivity index (χ1v) is 16.9. The maximum absolute atomic E-state index is 13.3. The van der Waals surface area contributed by atoms with Crippen molar-refractivity contribution in [2.45, 2.75) is 36.2 Å². The van der Waals surface area contributed by atoms with E-state index in [2.05, 4.69) is 4.99 Å². The third-order valence-corrected chi connectivity index (χ3v) is 10.8. The van der Waals surface area contributed by atoms with Gasteiger partial charge in [-0.05, 0) is 66.9 Å². The monoisotopic (exact) mass is 599 g/mol. The fourth-order valence-corrected chi connectivity index (χ4v) is 7.87. The van der Waals surface area contributed by atoms with Gasteiger partial charge in [0.15, 0.2) is 14.6 Å². The van der Waals surface area contributed by atoms with Gasteiger partial charge in [-0.3, -0.25) is 4.79 Å². The van der Waals surface area contributed by atoms with Crippen molar-refractivity contribution in [2.24, 2.45) is 4.99 Å². The molecule has 0 N–H and O–H groups in total. The molecule has 0 aliphatic carbocycles. The largest absolute Gasteiger partial charge is 0.380 e. The van der Waals surface area contributed by atoms with Crippen LogP contribution >= 0.6 is 11.3 Å². The summed E-state index contributed by atoms with van der Waals surface area (Å²) in [5.41, 5.74) is 3.14. The molecule has 40 heavy (non-hydrogen) atoms. The number of thiazole rings is 1. The predicted molar refractivity (Wildman–Crippen MR) is 153 cm³/mol. The molecule has 3 aromatic carbocycles. The Hall–Kier alpha value is -3.16. The Balaban J connectivity index is 1.43. The molecule has 0 saturated heterocycles. The van der Waals surface area contributed by atoms with Crippen LogP contribution in [-0.4, -0.2) is 57.6 Å². The second kappa shape index (κ2) is 11.4. The van der Waals surface area contributed by atoms with Crippen molar-refractivity contribution in [3.63, 3.8) is 0 Å². The molecule has 0 spiro atoms. The Morgan fingerprint density at radius 2 is 1.68 bits per heavy atom. The number of benzene rings is 3. The molecule has 210 valence electrons. The molecule has 9 nitrogen and oxygen atoms in total. The quantitative estimate of drug-likeness (QED) is 0.286. The van der Waals surface area contributed by atoms with E-state index >= 15 is 0 Å². The molecular weight excluding hydrogens is 571 g/mol. The second-order valence-electron chi connectivity index (χ2n) is 9.43. The van der Waals surface area contributed by atoms with E-state index in [1.54, 1.807) is 12.1 Å². The molecule has 1 aromatic heterocycles. The normalized spacial score (nSPS) is 14.9. The third-order valence-electron chi connectivity index (χ3n) is 6.78. The first-order valence-electron chi connectivity index (χ1n) is 12.7. The molecule has 0 radical (unpaired) electrons. The lowest BCUT2D eigenvalue weighted by atomic mass is 10.0. The number of sulfone groups is 1. The summed E-state index contributed by atoms with van der Waals surface area (Å²) in [6.45, 7) is 3.94. The number of hydrogen-bond acceptors (Lipinski definition) is 7. The van der Waals surface area contributed by atoms with Crippen LogP contribution in [0, 0.1) is 0 Å². The molecule has 0 saturated carbocycles. The minimum Gasteiger partial charge on any atom is -0.380 e. The van der Waals surface area contributed by atoms with Crippen LogP contribution in [0.3, 0.4) is 0 Å². The topological polar surface area (TPSA) is 115 Å². The molecule has 5 rings (SSSR count). The molecular formula is C28H29N3O6S3. The van der Waals surface area contributed by atoms with E-state index in [-0.39, 0.29) is 15.4 Å². The van der Waals surface area contributed by atoms with Gasteiger partial charge in [0.2, 0.25) is 10.0 Å². The van der Waals surface area contributed by atoms with Gasteiger partial charge in [0.25, 0.3) is 5.91 Å². The van der Waals surface area contributed by atoms with E-state index in [1.807, 2.05) is 35.8 Å². The van der Waals surface area contributed by atoms with Crippen molar-refractivity contribution >= 4 is 47.3 Å². The second-order valence-corrected chi connectivity index (χ2v) is 14.4. The van der Waals surface area contributed by atoms with Crippen molar-refractivity contribution in [2.75, 3.05) is 26.0 Å². The number of carbonyl (C=O) groups excluding carboxylic acids is 1. The Labute approximate surface area is 237 Å². The standard InChI is InChI=1S/C28H29N3O6S3/c1-3-37-17-16-31-25-13-12-24(39(2,33)34)18-26(25)38-28(31)29-27(32)21-8-10-23(11-9-21)40(35,36)30-15-14-20-6-4-5-7-22(20)19-30/h4-13,18H,3,14-17,19H2,1-2H3. The minimum absolute atomic E-state index is 0.116. The summed E-state index contributed by atoms with van der Waals surface area (Å²) < 4.78 is 60.1. The zero-order valence-corrected chi connectivity index (χ0v) is 24.6. The summed E-state index contributed by atoms with van der Waals surface area (Å²) in [4.78, 5) is 18.2. The number of rotatable bonds is 8. The van der Waals surface area contributed by atoms with Gasteiger partial charge in [-0.25, -0.2) is 16.8 Å². The number of aromatic nitrogens is 1. The SMILES string of the molecule is CCOCCn1c(=NC(=O)c2ccc(S(=O)(=O)N3CCc4ccccc4C3)cc2)sc2cc(S(C)(=O)=O)ccc21. The summed E-state index contributed by atoms with van der Waals surface area (Å²) >= 11 is 1.21. The maximum atomic E-state index is 13.3. The van der Waals surface area contributed by atoms with E-state index in [4.69, 9.17) is 4.74 Å². The van der Waals surface area contributed by atoms with Crippen LogP contribution in [0.1, 0.15) is 28.4 Å². The first kappa shape index (κ1) is 28.4. The van der Waals surface area contributed by atoms with Gasteiger partial charge in [-0.1, -0.05) is 35.6 Å². The number of ether oxygens (including phenoxy) is 1. The molecule has 0 atom stereocenters. The van der Waals surface area contributed by atoms with Crippen molar-refractivity contribution in [3.8, 4) is 0 Å². The van der Waals surface area contributed by atoms with Crippen LogP contribution in [0.2, 0.25) is 0 Å². The summed E-state index contributed by atoms with van der Waals surface area (Å²) in [5.74, 6) is -0.532. The Bertz CT molecular complexity index is 1860. The van der Waals surface area contributed by atoms with E-state index in [1.165, 1.54) is 46.0 Å². The highest BCUT2D eigenvalue weighted by atomic mass is 32.2. The lowest BCUT2D eigenvalue weighted by Gasteiger charge is -2.28. The number of fused-ring (bicyclic) bond motifs is 2. The highest BCUT2D eigenvalue weighted by Crippen LogP contribution is 2.26. The first-order chi connectivity index (χ1) is 19.1. The molecule has 12 heteroatoms. The van der Waals surface area contributed by atoms with Crippen LogP contribution in [0.15, 0.2) is 81.5 Å².